The minimum Gasteiger partial charge on any atom is -0.495 e. The van der Waals surface area contributed by atoms with Crippen molar-refractivity contribution in [3.8, 4) is 28.3 Å². The smallest absolute Gasteiger partial charge is 0.299 e. The van der Waals surface area contributed by atoms with Crippen LogP contribution in [0.3, 0.4) is 0 Å². The monoisotopic (exact) mass is 436 g/mol. The lowest BCUT2D eigenvalue weighted by atomic mass is 10.1. The van der Waals surface area contributed by atoms with Crippen LogP contribution in [0.25, 0.3) is 22.6 Å². The van der Waals surface area contributed by atoms with Crippen LogP contribution in [0, 0.1) is 0 Å². The summed E-state index contributed by atoms with van der Waals surface area (Å²) in [6.45, 7) is 1.60. The molecule has 2 heterocycles. The van der Waals surface area contributed by atoms with E-state index in [9.17, 15) is 8.42 Å². The number of nitrogens with zero attached hydrogens (tertiary/aromatic N) is 3. The van der Waals surface area contributed by atoms with Gasteiger partial charge in [-0.3, -0.25) is 0 Å². The van der Waals surface area contributed by atoms with E-state index in [1.807, 2.05) is 30.3 Å². The Morgan fingerprint density at radius 2 is 1.90 bits per heavy atom. The Bertz CT molecular complexity index is 1300. The first-order valence-electron chi connectivity index (χ1n) is 9.50. The molecule has 0 radical (unpaired) electrons. The lowest BCUT2D eigenvalue weighted by Gasteiger charge is -2.11. The molecule has 0 saturated heterocycles. The van der Waals surface area contributed by atoms with Gasteiger partial charge in [0.1, 0.15) is 12.1 Å². The van der Waals surface area contributed by atoms with Gasteiger partial charge in [0, 0.05) is 17.3 Å². The van der Waals surface area contributed by atoms with Gasteiger partial charge in [0.25, 0.3) is 6.01 Å². The van der Waals surface area contributed by atoms with Crippen molar-refractivity contribution >= 4 is 21.5 Å². The van der Waals surface area contributed by atoms with Gasteiger partial charge in [0.2, 0.25) is 0 Å². The number of oxazole rings is 1. The normalized spacial score (nSPS) is 11.3. The van der Waals surface area contributed by atoms with Crippen LogP contribution in [-0.2, 0) is 9.84 Å². The van der Waals surface area contributed by atoms with Gasteiger partial charge in [-0.1, -0.05) is 25.1 Å². The minimum absolute atomic E-state index is 0.00456. The molecule has 0 fully saturated rings. The van der Waals surface area contributed by atoms with Crippen molar-refractivity contribution in [1.82, 2.24) is 15.0 Å². The molecule has 0 aliphatic heterocycles. The second-order valence-electron chi connectivity index (χ2n) is 6.60. The maximum Gasteiger partial charge on any atom is 0.299 e. The molecule has 31 heavy (non-hydrogen) atoms. The highest BCUT2D eigenvalue weighted by Crippen LogP contribution is 2.32. The summed E-state index contributed by atoms with van der Waals surface area (Å²) in [5.74, 6) is 1.03. The number of nitrogens with one attached hydrogen (secondary N) is 1. The van der Waals surface area contributed by atoms with Crippen molar-refractivity contribution in [3.05, 3.63) is 67.3 Å². The SMILES string of the molecule is CCS(=O)(=O)c1ccc(OC)c(Nc2ncc(-c3cccc(-c4ccncn4)c3)o2)c1. The molecule has 2 aromatic heterocycles. The van der Waals surface area contributed by atoms with E-state index in [1.54, 1.807) is 25.4 Å². The highest BCUT2D eigenvalue weighted by molar-refractivity contribution is 7.91. The third-order valence-electron chi connectivity index (χ3n) is 4.68. The van der Waals surface area contributed by atoms with Crippen LogP contribution >= 0.6 is 0 Å². The Hall–Kier alpha value is -3.72. The summed E-state index contributed by atoms with van der Waals surface area (Å²) >= 11 is 0. The van der Waals surface area contributed by atoms with Crippen molar-refractivity contribution in [1.29, 1.82) is 0 Å². The number of methoxy groups -OCH3 is 1. The quantitative estimate of drug-likeness (QED) is 0.456. The van der Waals surface area contributed by atoms with Crippen LogP contribution in [0.1, 0.15) is 6.92 Å². The predicted octanol–water partition coefficient (Wildman–Crippen LogP) is 4.34. The first-order valence-corrected chi connectivity index (χ1v) is 11.2. The van der Waals surface area contributed by atoms with Crippen LogP contribution in [0.15, 0.2) is 76.6 Å². The number of aromatic nitrogens is 3. The maximum absolute atomic E-state index is 12.2. The number of sulfone groups is 1. The molecule has 1 N–H and O–H groups in total. The zero-order chi connectivity index (χ0) is 21.8. The number of rotatable bonds is 7. The van der Waals surface area contributed by atoms with Gasteiger partial charge in [-0.25, -0.2) is 23.4 Å². The standard InChI is InChI=1S/C22H20N4O4S/c1-3-31(27,28)17-7-8-20(29-2)19(12-17)26-22-24-13-21(30-22)16-6-4-5-15(11-16)18-9-10-23-14-25-18/h4-14H,3H2,1-2H3,(H,24,26). The van der Waals surface area contributed by atoms with E-state index in [4.69, 9.17) is 9.15 Å². The number of hydrogen-bond donors (Lipinski definition) is 1. The zero-order valence-corrected chi connectivity index (χ0v) is 17.8. The van der Waals surface area contributed by atoms with Gasteiger partial charge in [-0.15, -0.1) is 0 Å². The summed E-state index contributed by atoms with van der Waals surface area (Å²) in [5.41, 5.74) is 2.99. The average molecular weight is 436 g/mol. The van der Waals surface area contributed by atoms with E-state index in [-0.39, 0.29) is 16.7 Å². The van der Waals surface area contributed by atoms with Crippen LogP contribution in [0.4, 0.5) is 11.7 Å². The average Bonchev–Trinajstić information content (AvgIpc) is 3.28. The molecule has 0 atom stereocenters. The van der Waals surface area contributed by atoms with Crippen molar-refractivity contribution in [2.24, 2.45) is 0 Å². The predicted molar refractivity (Wildman–Crippen MR) is 117 cm³/mol. The highest BCUT2D eigenvalue weighted by Gasteiger charge is 2.16. The number of benzene rings is 2. The molecule has 158 valence electrons. The second kappa shape index (κ2) is 8.57. The molecule has 9 heteroatoms. The summed E-state index contributed by atoms with van der Waals surface area (Å²) < 4.78 is 35.6. The van der Waals surface area contributed by atoms with E-state index in [0.717, 1.165) is 16.8 Å². The van der Waals surface area contributed by atoms with Crippen molar-refractivity contribution < 1.29 is 17.6 Å². The number of hydrogen-bond acceptors (Lipinski definition) is 8. The Balaban J connectivity index is 1.63. The number of ether oxygens (including phenoxy) is 1. The van der Waals surface area contributed by atoms with E-state index in [1.165, 1.54) is 25.6 Å². The van der Waals surface area contributed by atoms with E-state index >= 15 is 0 Å². The van der Waals surface area contributed by atoms with Gasteiger partial charge < -0.3 is 14.5 Å². The minimum atomic E-state index is -3.36. The largest absolute Gasteiger partial charge is 0.495 e. The first-order chi connectivity index (χ1) is 15.0. The number of anilines is 2. The van der Waals surface area contributed by atoms with Crippen molar-refractivity contribution in [2.75, 3.05) is 18.2 Å². The van der Waals surface area contributed by atoms with Crippen LogP contribution in [0.5, 0.6) is 5.75 Å². The fraction of sp³-hybridized carbons (Fsp3) is 0.136. The Kier molecular flexibility index (Phi) is 5.68. The van der Waals surface area contributed by atoms with Gasteiger partial charge in [-0.05, 0) is 30.3 Å². The van der Waals surface area contributed by atoms with Gasteiger partial charge in [0.05, 0.1) is 35.3 Å². The molecule has 0 unspecified atom stereocenters. The first kappa shape index (κ1) is 20.5. The molecule has 4 rings (SSSR count). The van der Waals surface area contributed by atoms with Crippen molar-refractivity contribution in [2.45, 2.75) is 11.8 Å². The van der Waals surface area contributed by atoms with E-state index in [0.29, 0.717) is 17.2 Å². The summed E-state index contributed by atoms with van der Waals surface area (Å²) in [7, 11) is -1.86. The molecule has 0 saturated carbocycles. The van der Waals surface area contributed by atoms with E-state index < -0.39 is 9.84 Å². The van der Waals surface area contributed by atoms with Gasteiger partial charge in [-0.2, -0.15) is 0 Å². The molecule has 0 aliphatic rings. The summed E-state index contributed by atoms with van der Waals surface area (Å²) in [6.07, 6.45) is 4.78. The fourth-order valence-corrected chi connectivity index (χ4v) is 3.92. The lowest BCUT2D eigenvalue weighted by Crippen LogP contribution is -2.05. The van der Waals surface area contributed by atoms with Crippen LogP contribution < -0.4 is 10.1 Å². The Morgan fingerprint density at radius 3 is 2.65 bits per heavy atom. The molecule has 8 nitrogen and oxygen atoms in total. The van der Waals surface area contributed by atoms with Crippen LogP contribution in [-0.4, -0.2) is 36.2 Å². The summed E-state index contributed by atoms with van der Waals surface area (Å²) in [6, 6.07) is 14.4. The molecule has 0 bridgehead atoms. The Morgan fingerprint density at radius 1 is 1.06 bits per heavy atom. The molecule has 0 aliphatic carbocycles. The topological polar surface area (TPSA) is 107 Å². The second-order valence-corrected chi connectivity index (χ2v) is 8.87. The third kappa shape index (κ3) is 4.41. The molecule has 2 aromatic carbocycles. The lowest BCUT2D eigenvalue weighted by molar-refractivity contribution is 0.416. The molecule has 0 spiro atoms. The van der Waals surface area contributed by atoms with E-state index in [2.05, 4.69) is 20.3 Å². The molecular weight excluding hydrogens is 416 g/mol. The summed E-state index contributed by atoms with van der Waals surface area (Å²) in [5, 5.41) is 3.01. The Labute approximate surface area is 179 Å². The molecule has 0 amide bonds. The van der Waals surface area contributed by atoms with Crippen molar-refractivity contribution in [3.63, 3.8) is 0 Å². The fourth-order valence-electron chi connectivity index (χ4n) is 3.02. The van der Waals surface area contributed by atoms with Gasteiger partial charge >= 0.3 is 0 Å². The summed E-state index contributed by atoms with van der Waals surface area (Å²) in [4.78, 5) is 12.7. The molecule has 4 aromatic rings. The highest BCUT2D eigenvalue weighted by atomic mass is 32.2. The maximum atomic E-state index is 12.2. The van der Waals surface area contributed by atoms with Crippen LogP contribution in [0.2, 0.25) is 0 Å². The van der Waals surface area contributed by atoms with Gasteiger partial charge in [0.15, 0.2) is 15.6 Å². The zero-order valence-electron chi connectivity index (χ0n) is 16.9. The third-order valence-corrected chi connectivity index (χ3v) is 6.41. The molecular formula is C22H20N4O4S.